The van der Waals surface area contributed by atoms with E-state index in [4.69, 9.17) is 0 Å². The normalized spacial score (nSPS) is 15.2. The average Bonchev–Trinajstić information content (AvgIpc) is 2.80. The van der Waals surface area contributed by atoms with E-state index >= 15 is 0 Å². The summed E-state index contributed by atoms with van der Waals surface area (Å²) in [5, 5.41) is 0. The van der Waals surface area contributed by atoms with Crippen LogP contribution in [0.2, 0.25) is 0 Å². The molecule has 2 aromatic carbocycles. The Morgan fingerprint density at radius 2 is 1.50 bits per heavy atom. The van der Waals surface area contributed by atoms with E-state index in [0.717, 1.165) is 58.7 Å². The van der Waals surface area contributed by atoms with Crippen LogP contribution in [0.15, 0.2) is 54.6 Å². The molecule has 1 saturated heterocycles. The van der Waals surface area contributed by atoms with Crippen LogP contribution in [-0.4, -0.2) is 48.4 Å². The second-order valence-electron chi connectivity index (χ2n) is 8.23. The van der Waals surface area contributed by atoms with Gasteiger partial charge in [-0.05, 0) is 70.0 Å². The lowest BCUT2D eigenvalue weighted by molar-refractivity contribution is -0.137. The molecule has 3 rings (SSSR count). The molecule has 4 heteroatoms. The van der Waals surface area contributed by atoms with E-state index in [9.17, 15) is 4.79 Å². The van der Waals surface area contributed by atoms with Gasteiger partial charge in [-0.15, -0.1) is 0 Å². The van der Waals surface area contributed by atoms with Crippen LogP contribution in [0.4, 0.5) is 5.69 Å². The lowest BCUT2D eigenvalue weighted by atomic mass is 9.94. The summed E-state index contributed by atoms with van der Waals surface area (Å²) in [6, 6.07) is 19.3. The third-order valence-corrected chi connectivity index (χ3v) is 6.32. The molecule has 1 aliphatic heterocycles. The summed E-state index contributed by atoms with van der Waals surface area (Å²) < 4.78 is 0. The molecule has 1 fully saturated rings. The first-order valence-corrected chi connectivity index (χ1v) is 11.5. The number of rotatable bonds is 9. The first-order valence-electron chi connectivity index (χ1n) is 11.5. The SMILES string of the molecule is CCN(Cc1ccccc1)C(=O)C1CCN(Cc2ccc(N(CC)CC)cc2)CC1. The molecule has 0 spiro atoms. The summed E-state index contributed by atoms with van der Waals surface area (Å²) in [6.45, 7) is 13.0. The minimum Gasteiger partial charge on any atom is -0.372 e. The number of hydrogen-bond acceptors (Lipinski definition) is 3. The van der Waals surface area contributed by atoms with Crippen molar-refractivity contribution in [3.63, 3.8) is 0 Å². The lowest BCUT2D eigenvalue weighted by Gasteiger charge is -2.34. The third kappa shape index (κ3) is 5.85. The van der Waals surface area contributed by atoms with Crippen LogP contribution in [0.25, 0.3) is 0 Å². The van der Waals surface area contributed by atoms with Crippen molar-refractivity contribution in [3.8, 4) is 0 Å². The number of carbonyl (C=O) groups excluding carboxylic acids is 1. The van der Waals surface area contributed by atoms with Gasteiger partial charge in [0.25, 0.3) is 0 Å². The quantitative estimate of drug-likeness (QED) is 0.598. The molecular weight excluding hydrogens is 370 g/mol. The van der Waals surface area contributed by atoms with Crippen molar-refractivity contribution >= 4 is 11.6 Å². The molecule has 0 saturated carbocycles. The first kappa shape index (κ1) is 22.4. The maximum absolute atomic E-state index is 13.1. The van der Waals surface area contributed by atoms with Crippen molar-refractivity contribution in [2.24, 2.45) is 5.92 Å². The van der Waals surface area contributed by atoms with Crippen LogP contribution in [0.1, 0.15) is 44.7 Å². The minimum atomic E-state index is 0.162. The molecule has 1 amide bonds. The summed E-state index contributed by atoms with van der Waals surface area (Å²) in [6.07, 6.45) is 1.92. The largest absolute Gasteiger partial charge is 0.372 e. The Labute approximate surface area is 182 Å². The second-order valence-corrected chi connectivity index (χ2v) is 8.23. The molecule has 0 unspecified atom stereocenters. The zero-order valence-electron chi connectivity index (χ0n) is 18.9. The van der Waals surface area contributed by atoms with Crippen LogP contribution in [-0.2, 0) is 17.9 Å². The van der Waals surface area contributed by atoms with Gasteiger partial charge in [0.1, 0.15) is 0 Å². The van der Waals surface area contributed by atoms with Crippen molar-refractivity contribution in [3.05, 3.63) is 65.7 Å². The molecule has 162 valence electrons. The fraction of sp³-hybridized carbons (Fsp3) is 0.500. The summed E-state index contributed by atoms with van der Waals surface area (Å²) in [5.74, 6) is 0.486. The topological polar surface area (TPSA) is 26.8 Å². The molecule has 4 nitrogen and oxygen atoms in total. The van der Waals surface area contributed by atoms with Crippen LogP contribution in [0.5, 0.6) is 0 Å². The zero-order chi connectivity index (χ0) is 21.3. The number of amides is 1. The Kier molecular flexibility index (Phi) is 8.32. The van der Waals surface area contributed by atoms with Gasteiger partial charge in [0, 0.05) is 44.3 Å². The first-order chi connectivity index (χ1) is 14.6. The van der Waals surface area contributed by atoms with Crippen molar-refractivity contribution < 1.29 is 4.79 Å². The number of nitrogens with zero attached hydrogens (tertiary/aromatic N) is 3. The molecule has 2 aromatic rings. The molecule has 0 aromatic heterocycles. The summed E-state index contributed by atoms with van der Waals surface area (Å²) in [7, 11) is 0. The maximum Gasteiger partial charge on any atom is 0.226 e. The van der Waals surface area contributed by atoms with Gasteiger partial charge in [-0.2, -0.15) is 0 Å². The molecule has 30 heavy (non-hydrogen) atoms. The third-order valence-electron chi connectivity index (χ3n) is 6.32. The van der Waals surface area contributed by atoms with Crippen LogP contribution < -0.4 is 4.90 Å². The highest BCUT2D eigenvalue weighted by molar-refractivity contribution is 5.79. The average molecular weight is 408 g/mol. The van der Waals surface area contributed by atoms with Crippen LogP contribution >= 0.6 is 0 Å². The molecular formula is C26H37N3O. The van der Waals surface area contributed by atoms with Crippen molar-refractivity contribution in [1.82, 2.24) is 9.80 Å². The maximum atomic E-state index is 13.1. The predicted molar refractivity (Wildman–Crippen MR) is 126 cm³/mol. The highest BCUT2D eigenvalue weighted by Crippen LogP contribution is 2.23. The van der Waals surface area contributed by atoms with Gasteiger partial charge in [-0.1, -0.05) is 42.5 Å². The molecule has 1 aliphatic rings. The standard InChI is InChI=1S/C26H37N3O/c1-4-28(5-2)25-14-12-23(13-15-25)20-27-18-16-24(17-19-27)26(30)29(6-3)21-22-10-8-7-9-11-22/h7-15,24H,4-6,16-21H2,1-3H3. The molecule has 0 bridgehead atoms. The van der Waals surface area contributed by atoms with Gasteiger partial charge >= 0.3 is 0 Å². The summed E-state index contributed by atoms with van der Waals surface area (Å²) in [5.41, 5.74) is 3.86. The number of hydrogen-bond donors (Lipinski definition) is 0. The fourth-order valence-corrected chi connectivity index (χ4v) is 4.40. The number of anilines is 1. The van der Waals surface area contributed by atoms with Gasteiger partial charge in [0.2, 0.25) is 5.91 Å². The van der Waals surface area contributed by atoms with Crippen molar-refractivity contribution in [1.29, 1.82) is 0 Å². The van der Waals surface area contributed by atoms with E-state index in [1.807, 2.05) is 23.1 Å². The number of likely N-dealkylation sites (tertiary alicyclic amines) is 1. The molecule has 0 N–H and O–H groups in total. The number of benzene rings is 2. The molecule has 0 radical (unpaired) electrons. The Morgan fingerprint density at radius 3 is 2.07 bits per heavy atom. The van der Waals surface area contributed by atoms with E-state index < -0.39 is 0 Å². The number of carbonyl (C=O) groups is 1. The molecule has 0 atom stereocenters. The smallest absolute Gasteiger partial charge is 0.226 e. The fourth-order valence-electron chi connectivity index (χ4n) is 4.40. The Bertz CT molecular complexity index is 763. The monoisotopic (exact) mass is 407 g/mol. The Balaban J connectivity index is 1.49. The van der Waals surface area contributed by atoms with Crippen molar-refractivity contribution in [2.75, 3.05) is 37.6 Å². The Hall–Kier alpha value is -2.33. The van der Waals surface area contributed by atoms with E-state index in [1.54, 1.807) is 0 Å². The van der Waals surface area contributed by atoms with Gasteiger partial charge < -0.3 is 9.80 Å². The van der Waals surface area contributed by atoms with E-state index in [2.05, 4.69) is 67.0 Å². The summed E-state index contributed by atoms with van der Waals surface area (Å²) >= 11 is 0. The highest BCUT2D eigenvalue weighted by Gasteiger charge is 2.28. The highest BCUT2D eigenvalue weighted by atomic mass is 16.2. The van der Waals surface area contributed by atoms with E-state index in [-0.39, 0.29) is 5.92 Å². The van der Waals surface area contributed by atoms with E-state index in [0.29, 0.717) is 5.91 Å². The van der Waals surface area contributed by atoms with Crippen LogP contribution in [0.3, 0.4) is 0 Å². The number of piperidine rings is 1. The molecule has 0 aliphatic carbocycles. The van der Waals surface area contributed by atoms with Gasteiger partial charge in [-0.25, -0.2) is 0 Å². The zero-order valence-corrected chi connectivity index (χ0v) is 18.9. The van der Waals surface area contributed by atoms with Gasteiger partial charge in [-0.3, -0.25) is 9.69 Å². The van der Waals surface area contributed by atoms with E-state index in [1.165, 1.54) is 16.8 Å². The molecule has 1 heterocycles. The summed E-state index contributed by atoms with van der Waals surface area (Å²) in [4.78, 5) is 19.9. The van der Waals surface area contributed by atoms with Gasteiger partial charge in [0.05, 0.1) is 0 Å². The van der Waals surface area contributed by atoms with Crippen molar-refractivity contribution in [2.45, 2.75) is 46.7 Å². The van der Waals surface area contributed by atoms with Crippen LogP contribution in [0, 0.1) is 5.92 Å². The lowest BCUT2D eigenvalue weighted by Crippen LogP contribution is -2.42. The Morgan fingerprint density at radius 1 is 0.867 bits per heavy atom. The second kappa shape index (κ2) is 11.2. The van der Waals surface area contributed by atoms with Gasteiger partial charge in [0.15, 0.2) is 0 Å². The minimum absolute atomic E-state index is 0.162. The predicted octanol–water partition coefficient (Wildman–Crippen LogP) is 4.79.